The van der Waals surface area contributed by atoms with Crippen molar-refractivity contribution in [2.75, 3.05) is 0 Å². The Morgan fingerprint density at radius 2 is 2.18 bits per heavy atom. The zero-order valence-electron chi connectivity index (χ0n) is 9.76. The van der Waals surface area contributed by atoms with Crippen LogP contribution in [0.5, 0.6) is 0 Å². The van der Waals surface area contributed by atoms with Gasteiger partial charge < -0.3 is 0 Å². The summed E-state index contributed by atoms with van der Waals surface area (Å²) in [6, 6.07) is 8.70. The average Bonchev–Trinajstić information content (AvgIpc) is 2.33. The Morgan fingerprint density at radius 3 is 2.88 bits per heavy atom. The van der Waals surface area contributed by atoms with Gasteiger partial charge in [-0.15, -0.1) is 0 Å². The first kappa shape index (κ1) is 10.7. The van der Waals surface area contributed by atoms with Crippen molar-refractivity contribution >= 4 is 10.8 Å². The molecule has 0 amide bonds. The number of hydrogen-bond donors (Lipinski definition) is 2. The van der Waals surface area contributed by atoms with Gasteiger partial charge in [0.25, 0.3) is 0 Å². The maximum Gasteiger partial charge on any atom is 0.0494 e. The number of hydrazine groups is 1. The number of hydrogen-bond acceptors (Lipinski definition) is 3. The Labute approximate surface area is 101 Å². The minimum Gasteiger partial charge on any atom is -0.271 e. The van der Waals surface area contributed by atoms with Gasteiger partial charge in [-0.25, -0.2) is 0 Å². The molecule has 1 heterocycles. The molecule has 88 valence electrons. The van der Waals surface area contributed by atoms with E-state index in [-0.39, 0.29) is 6.04 Å². The van der Waals surface area contributed by atoms with Crippen molar-refractivity contribution in [3.05, 3.63) is 42.2 Å². The summed E-state index contributed by atoms with van der Waals surface area (Å²) in [6.45, 7) is 0. The van der Waals surface area contributed by atoms with Crippen LogP contribution >= 0.6 is 0 Å². The van der Waals surface area contributed by atoms with Gasteiger partial charge >= 0.3 is 0 Å². The molecule has 1 unspecified atom stereocenters. The third kappa shape index (κ3) is 1.81. The number of aromatic nitrogens is 1. The molecule has 1 aromatic carbocycles. The lowest BCUT2D eigenvalue weighted by Crippen LogP contribution is -2.36. The summed E-state index contributed by atoms with van der Waals surface area (Å²) < 4.78 is 0. The number of nitrogens with zero attached hydrogens (tertiary/aromatic N) is 1. The van der Waals surface area contributed by atoms with Crippen molar-refractivity contribution in [2.24, 2.45) is 11.8 Å². The Morgan fingerprint density at radius 1 is 1.29 bits per heavy atom. The number of pyridine rings is 1. The molecule has 3 N–H and O–H groups in total. The van der Waals surface area contributed by atoms with Crippen molar-refractivity contribution in [1.29, 1.82) is 0 Å². The minimum atomic E-state index is 0.273. The molecule has 1 aliphatic rings. The maximum absolute atomic E-state index is 5.74. The van der Waals surface area contributed by atoms with Crippen molar-refractivity contribution in [1.82, 2.24) is 10.4 Å². The Hall–Kier alpha value is -1.45. The van der Waals surface area contributed by atoms with E-state index in [1.54, 1.807) is 0 Å². The fourth-order valence-corrected chi connectivity index (χ4v) is 2.67. The molecule has 0 saturated heterocycles. The second-order valence-corrected chi connectivity index (χ2v) is 4.78. The maximum atomic E-state index is 5.74. The van der Waals surface area contributed by atoms with Crippen LogP contribution in [0.2, 0.25) is 0 Å². The molecular formula is C14H17N3. The zero-order valence-corrected chi connectivity index (χ0v) is 9.76. The third-order valence-electron chi connectivity index (χ3n) is 3.85. The molecule has 1 saturated carbocycles. The number of nitrogens with two attached hydrogens (primary N) is 1. The Balaban J connectivity index is 2.08. The standard InChI is InChI=1S/C14H17N3/c15-17-14(10-3-1-4-10)13-6-2-5-11-9-16-8-7-12(11)13/h2,5-10,14,17H,1,3-4,15H2. The van der Waals surface area contributed by atoms with Crippen molar-refractivity contribution < 1.29 is 0 Å². The smallest absolute Gasteiger partial charge is 0.0494 e. The highest BCUT2D eigenvalue weighted by atomic mass is 15.2. The minimum absolute atomic E-state index is 0.273. The van der Waals surface area contributed by atoms with Crippen LogP contribution in [0.25, 0.3) is 10.8 Å². The van der Waals surface area contributed by atoms with E-state index in [1.807, 2.05) is 12.4 Å². The summed E-state index contributed by atoms with van der Waals surface area (Å²) in [6.07, 6.45) is 7.63. The second kappa shape index (κ2) is 4.43. The summed E-state index contributed by atoms with van der Waals surface area (Å²) in [7, 11) is 0. The summed E-state index contributed by atoms with van der Waals surface area (Å²) in [5.41, 5.74) is 4.29. The molecule has 1 aromatic heterocycles. The lowest BCUT2D eigenvalue weighted by atomic mass is 9.76. The first-order chi connectivity index (χ1) is 8.40. The van der Waals surface area contributed by atoms with Gasteiger partial charge in [-0.3, -0.25) is 16.3 Å². The molecule has 1 atom stereocenters. The van der Waals surface area contributed by atoms with Crippen LogP contribution in [0.15, 0.2) is 36.7 Å². The van der Waals surface area contributed by atoms with Gasteiger partial charge in [0.2, 0.25) is 0 Å². The lowest BCUT2D eigenvalue weighted by molar-refractivity contribution is 0.233. The van der Waals surface area contributed by atoms with E-state index in [9.17, 15) is 0 Å². The van der Waals surface area contributed by atoms with Gasteiger partial charge in [-0.2, -0.15) is 0 Å². The largest absolute Gasteiger partial charge is 0.271 e. The van der Waals surface area contributed by atoms with Crippen molar-refractivity contribution in [3.8, 4) is 0 Å². The van der Waals surface area contributed by atoms with E-state index in [4.69, 9.17) is 5.84 Å². The van der Waals surface area contributed by atoms with E-state index in [0.717, 1.165) is 0 Å². The highest BCUT2D eigenvalue weighted by molar-refractivity contribution is 5.85. The number of fused-ring (bicyclic) bond motifs is 1. The quantitative estimate of drug-likeness (QED) is 0.626. The lowest BCUT2D eigenvalue weighted by Gasteiger charge is -2.34. The van der Waals surface area contributed by atoms with Gasteiger partial charge in [0.15, 0.2) is 0 Å². The van der Waals surface area contributed by atoms with Crippen LogP contribution in [0.3, 0.4) is 0 Å². The normalized spacial score (nSPS) is 17.9. The van der Waals surface area contributed by atoms with Crippen LogP contribution in [0.1, 0.15) is 30.9 Å². The Kier molecular flexibility index (Phi) is 2.79. The van der Waals surface area contributed by atoms with Gasteiger partial charge in [-0.1, -0.05) is 24.6 Å². The summed E-state index contributed by atoms with van der Waals surface area (Å²) in [5, 5.41) is 2.45. The molecule has 2 aromatic rings. The molecule has 0 aliphatic heterocycles. The van der Waals surface area contributed by atoms with Crippen LogP contribution in [-0.2, 0) is 0 Å². The fourth-order valence-electron chi connectivity index (χ4n) is 2.67. The van der Waals surface area contributed by atoms with Gasteiger partial charge in [0.05, 0.1) is 0 Å². The van der Waals surface area contributed by atoms with Crippen LogP contribution in [-0.4, -0.2) is 4.98 Å². The van der Waals surface area contributed by atoms with Gasteiger partial charge in [0.1, 0.15) is 0 Å². The molecule has 17 heavy (non-hydrogen) atoms. The summed E-state index contributed by atoms with van der Waals surface area (Å²) >= 11 is 0. The first-order valence-electron chi connectivity index (χ1n) is 6.19. The number of rotatable bonds is 3. The highest BCUT2D eigenvalue weighted by Gasteiger charge is 2.28. The zero-order chi connectivity index (χ0) is 11.7. The number of nitrogens with one attached hydrogen (secondary N) is 1. The average molecular weight is 227 g/mol. The predicted octanol–water partition coefficient (Wildman–Crippen LogP) is 2.54. The monoisotopic (exact) mass is 227 g/mol. The highest BCUT2D eigenvalue weighted by Crippen LogP contribution is 2.39. The van der Waals surface area contributed by atoms with Gasteiger partial charge in [0, 0.05) is 23.8 Å². The molecule has 3 heteroatoms. The van der Waals surface area contributed by atoms with Crippen molar-refractivity contribution in [2.45, 2.75) is 25.3 Å². The van der Waals surface area contributed by atoms with E-state index >= 15 is 0 Å². The summed E-state index contributed by atoms with van der Waals surface area (Å²) in [5.74, 6) is 6.42. The van der Waals surface area contributed by atoms with E-state index in [1.165, 1.54) is 35.6 Å². The SMILES string of the molecule is NNC(c1cccc2cnccc12)C1CCC1. The van der Waals surface area contributed by atoms with Crippen LogP contribution < -0.4 is 11.3 Å². The second-order valence-electron chi connectivity index (χ2n) is 4.78. The predicted molar refractivity (Wildman–Crippen MR) is 69.1 cm³/mol. The molecular weight excluding hydrogens is 210 g/mol. The van der Waals surface area contributed by atoms with E-state index in [0.29, 0.717) is 5.92 Å². The summed E-state index contributed by atoms with van der Waals surface area (Å²) in [4.78, 5) is 4.17. The van der Waals surface area contributed by atoms with E-state index < -0.39 is 0 Å². The molecule has 3 nitrogen and oxygen atoms in total. The van der Waals surface area contributed by atoms with E-state index in [2.05, 4.69) is 34.7 Å². The number of benzene rings is 1. The first-order valence-corrected chi connectivity index (χ1v) is 6.19. The fraction of sp³-hybridized carbons (Fsp3) is 0.357. The molecule has 3 rings (SSSR count). The topological polar surface area (TPSA) is 50.9 Å². The molecule has 0 radical (unpaired) electrons. The van der Waals surface area contributed by atoms with Crippen LogP contribution in [0, 0.1) is 5.92 Å². The Bertz CT molecular complexity index is 514. The van der Waals surface area contributed by atoms with Gasteiger partial charge in [-0.05, 0) is 35.8 Å². The molecule has 0 bridgehead atoms. The third-order valence-corrected chi connectivity index (χ3v) is 3.85. The molecule has 0 spiro atoms. The van der Waals surface area contributed by atoms with Crippen molar-refractivity contribution in [3.63, 3.8) is 0 Å². The molecule has 1 aliphatic carbocycles. The molecule has 1 fully saturated rings. The van der Waals surface area contributed by atoms with Crippen LogP contribution in [0.4, 0.5) is 0 Å².